The molecule has 0 aliphatic rings. The molecule has 3 aromatic rings. The van der Waals surface area contributed by atoms with Gasteiger partial charge in [0.25, 0.3) is 0 Å². The Morgan fingerprint density at radius 1 is 0.760 bits per heavy atom. The lowest BCUT2D eigenvalue weighted by Crippen LogP contribution is -2.15. The number of hydrogen-bond acceptors (Lipinski definition) is 4. The predicted molar refractivity (Wildman–Crippen MR) is 100 cm³/mol. The zero-order valence-electron chi connectivity index (χ0n) is 13.2. The van der Waals surface area contributed by atoms with Gasteiger partial charge < -0.3 is 0 Å². The third-order valence-corrected chi connectivity index (χ3v) is 3.68. The van der Waals surface area contributed by atoms with Crippen LogP contribution in [-0.2, 0) is 0 Å². The van der Waals surface area contributed by atoms with E-state index in [9.17, 15) is 4.79 Å². The van der Waals surface area contributed by atoms with Crippen LogP contribution in [0.3, 0.4) is 0 Å². The van der Waals surface area contributed by atoms with Crippen LogP contribution in [0.25, 0.3) is 0 Å². The first-order chi connectivity index (χ1) is 12.3. The van der Waals surface area contributed by atoms with E-state index in [1.165, 1.54) is 0 Å². The molecule has 0 saturated carbocycles. The van der Waals surface area contributed by atoms with Crippen molar-refractivity contribution in [3.8, 4) is 0 Å². The summed E-state index contributed by atoms with van der Waals surface area (Å²) in [6, 6.07) is 23.4. The van der Waals surface area contributed by atoms with Gasteiger partial charge in [-0.15, -0.1) is 10.2 Å². The van der Waals surface area contributed by atoms with E-state index < -0.39 is 0 Å². The summed E-state index contributed by atoms with van der Waals surface area (Å²) in [5, 5.41) is 8.25. The molecule has 0 amide bonds. The Kier molecular flexibility index (Phi) is 5.44. The zero-order chi connectivity index (χ0) is 17.5. The maximum atomic E-state index is 12.8. The fourth-order valence-corrected chi connectivity index (χ4v) is 2.34. The largest absolute Gasteiger partial charge is 0.287 e. The number of hydrogen-bond donors (Lipinski definition) is 0. The molecule has 0 radical (unpaired) electrons. The summed E-state index contributed by atoms with van der Waals surface area (Å²) >= 11 is 6.16. The van der Waals surface area contributed by atoms with Crippen LogP contribution in [0.2, 0.25) is 0 Å². The van der Waals surface area contributed by atoms with Gasteiger partial charge in [-0.25, -0.2) is 0 Å². The first-order valence-electron chi connectivity index (χ1n) is 7.63. The van der Waals surface area contributed by atoms with Crippen molar-refractivity contribution in [1.29, 1.82) is 0 Å². The molecule has 0 atom stereocenters. The molecule has 0 N–H and O–H groups in total. The standard InChI is InChI=1S/C20H14ClN3O/c21-20(17-13-7-8-14-22-17)24-23-18(15-9-3-1-4-10-15)19(25)16-11-5-2-6-12-16/h1-14H/b23-18-,24-20-. The monoisotopic (exact) mass is 347 g/mol. The van der Waals surface area contributed by atoms with E-state index in [-0.39, 0.29) is 16.7 Å². The van der Waals surface area contributed by atoms with Crippen LogP contribution in [0.5, 0.6) is 0 Å². The molecule has 0 fully saturated rings. The number of carbonyl (C=O) groups is 1. The lowest BCUT2D eigenvalue weighted by Gasteiger charge is -2.04. The molecule has 25 heavy (non-hydrogen) atoms. The third kappa shape index (κ3) is 4.25. The number of pyridine rings is 1. The highest BCUT2D eigenvalue weighted by molar-refractivity contribution is 6.69. The van der Waals surface area contributed by atoms with Crippen LogP contribution in [0.4, 0.5) is 0 Å². The predicted octanol–water partition coefficient (Wildman–Crippen LogP) is 4.35. The molecule has 5 heteroatoms. The van der Waals surface area contributed by atoms with Crippen molar-refractivity contribution in [2.24, 2.45) is 10.2 Å². The zero-order valence-corrected chi connectivity index (χ0v) is 14.0. The molecule has 0 aliphatic carbocycles. The van der Waals surface area contributed by atoms with Gasteiger partial charge in [-0.3, -0.25) is 9.78 Å². The smallest absolute Gasteiger partial charge is 0.213 e. The lowest BCUT2D eigenvalue weighted by molar-refractivity contribution is 0.106. The molecule has 0 unspecified atom stereocenters. The highest BCUT2D eigenvalue weighted by Crippen LogP contribution is 2.10. The molecule has 0 aliphatic heterocycles. The minimum atomic E-state index is -0.221. The highest BCUT2D eigenvalue weighted by atomic mass is 35.5. The molecule has 122 valence electrons. The molecule has 0 bridgehead atoms. The molecule has 1 aromatic heterocycles. The van der Waals surface area contributed by atoms with Crippen LogP contribution in [0.15, 0.2) is 95.3 Å². The topological polar surface area (TPSA) is 54.7 Å². The van der Waals surface area contributed by atoms with Crippen molar-refractivity contribution in [3.63, 3.8) is 0 Å². The van der Waals surface area contributed by atoms with Gasteiger partial charge in [-0.1, -0.05) is 78.3 Å². The van der Waals surface area contributed by atoms with Gasteiger partial charge in [0.2, 0.25) is 5.78 Å². The minimum absolute atomic E-state index is 0.120. The number of rotatable bonds is 5. The Hall–Kier alpha value is -3.11. The molecule has 0 saturated heterocycles. The first-order valence-corrected chi connectivity index (χ1v) is 8.01. The van der Waals surface area contributed by atoms with Crippen molar-refractivity contribution < 1.29 is 4.79 Å². The number of halogens is 1. The summed E-state index contributed by atoms with van der Waals surface area (Å²) in [6.45, 7) is 0. The summed E-state index contributed by atoms with van der Waals surface area (Å²) in [6.07, 6.45) is 1.62. The Morgan fingerprint density at radius 3 is 1.96 bits per heavy atom. The van der Waals surface area contributed by atoms with Gasteiger partial charge in [0.15, 0.2) is 5.17 Å². The molecule has 3 rings (SSSR count). The summed E-state index contributed by atoms with van der Waals surface area (Å²) < 4.78 is 0. The van der Waals surface area contributed by atoms with Gasteiger partial charge in [-0.05, 0) is 12.1 Å². The SMILES string of the molecule is O=C(/C(=N\N=C(/Cl)c1ccccn1)c1ccccc1)c1ccccc1. The Labute approximate surface area is 150 Å². The highest BCUT2D eigenvalue weighted by Gasteiger charge is 2.16. The van der Waals surface area contributed by atoms with Gasteiger partial charge in [0.1, 0.15) is 11.4 Å². The van der Waals surface area contributed by atoms with Crippen LogP contribution in [-0.4, -0.2) is 21.6 Å². The lowest BCUT2D eigenvalue weighted by atomic mass is 10.0. The van der Waals surface area contributed by atoms with Crippen LogP contribution >= 0.6 is 11.6 Å². The molecule has 4 nitrogen and oxygen atoms in total. The van der Waals surface area contributed by atoms with E-state index in [0.29, 0.717) is 16.8 Å². The van der Waals surface area contributed by atoms with Crippen molar-refractivity contribution in [3.05, 3.63) is 102 Å². The quantitative estimate of drug-likeness (QED) is 0.391. The average molecular weight is 348 g/mol. The van der Waals surface area contributed by atoms with Crippen LogP contribution in [0.1, 0.15) is 21.6 Å². The van der Waals surface area contributed by atoms with Crippen molar-refractivity contribution in [2.45, 2.75) is 0 Å². The minimum Gasteiger partial charge on any atom is -0.287 e. The summed E-state index contributed by atoms with van der Waals surface area (Å²) in [5.41, 5.74) is 1.92. The maximum Gasteiger partial charge on any atom is 0.213 e. The van der Waals surface area contributed by atoms with Crippen LogP contribution in [0, 0.1) is 0 Å². The molecular formula is C20H14ClN3O. The first kappa shape index (κ1) is 16.7. The molecule has 0 spiro atoms. The summed E-state index contributed by atoms with van der Waals surface area (Å²) in [5.74, 6) is -0.221. The van der Waals surface area contributed by atoms with Crippen molar-refractivity contribution >= 4 is 28.3 Å². The van der Waals surface area contributed by atoms with Crippen molar-refractivity contribution in [2.75, 3.05) is 0 Å². The second kappa shape index (κ2) is 8.13. The normalized spacial score (nSPS) is 12.0. The van der Waals surface area contributed by atoms with E-state index in [2.05, 4.69) is 15.2 Å². The van der Waals surface area contributed by atoms with E-state index in [4.69, 9.17) is 11.6 Å². The summed E-state index contributed by atoms with van der Waals surface area (Å²) in [4.78, 5) is 17.0. The molecule has 2 aromatic carbocycles. The van der Waals surface area contributed by atoms with Crippen molar-refractivity contribution in [1.82, 2.24) is 4.98 Å². The molecular weight excluding hydrogens is 334 g/mol. The fraction of sp³-hybridized carbons (Fsp3) is 0. The number of benzene rings is 2. The molecule has 1 heterocycles. The number of aromatic nitrogens is 1. The number of Topliss-reactive ketones (excluding diaryl/α,β-unsaturated/α-hetero) is 1. The number of carbonyl (C=O) groups excluding carboxylic acids is 1. The second-order valence-electron chi connectivity index (χ2n) is 5.12. The summed E-state index contributed by atoms with van der Waals surface area (Å²) in [7, 11) is 0. The maximum absolute atomic E-state index is 12.8. The van der Waals surface area contributed by atoms with Gasteiger partial charge >= 0.3 is 0 Å². The number of nitrogens with zero attached hydrogens (tertiary/aromatic N) is 3. The van der Waals surface area contributed by atoms with E-state index in [1.807, 2.05) is 36.4 Å². The Morgan fingerprint density at radius 2 is 1.36 bits per heavy atom. The van der Waals surface area contributed by atoms with E-state index >= 15 is 0 Å². The van der Waals surface area contributed by atoms with Gasteiger partial charge in [0, 0.05) is 17.3 Å². The van der Waals surface area contributed by atoms with Gasteiger partial charge in [0.05, 0.1) is 0 Å². The number of ketones is 1. The van der Waals surface area contributed by atoms with Gasteiger partial charge in [-0.2, -0.15) is 0 Å². The average Bonchev–Trinajstić information content (AvgIpc) is 2.70. The fourth-order valence-electron chi connectivity index (χ4n) is 2.19. The third-order valence-electron chi connectivity index (χ3n) is 3.41. The van der Waals surface area contributed by atoms with Crippen LogP contribution < -0.4 is 0 Å². The van der Waals surface area contributed by atoms with E-state index in [1.54, 1.807) is 48.7 Å². The van der Waals surface area contributed by atoms with E-state index in [0.717, 1.165) is 0 Å². The second-order valence-corrected chi connectivity index (χ2v) is 5.47. The Balaban J connectivity index is 2.01. The Bertz CT molecular complexity index is 907.